The second-order valence-corrected chi connectivity index (χ2v) is 5.59. The maximum atomic E-state index is 10.1. The quantitative estimate of drug-likeness (QED) is 0.864. The predicted octanol–water partition coefficient (Wildman–Crippen LogP) is 2.52. The number of benzene rings is 1. The lowest BCUT2D eigenvalue weighted by Crippen LogP contribution is -2.37. The standard InChI is InChI=1S/C15H21NO/c1-11-4-7-14-13(9-11)3-2-8-16(14)10-15(17)12-5-6-12/h4,7,9,12,15,17H,2-3,5-6,8,10H2,1H3. The van der Waals surface area contributed by atoms with E-state index >= 15 is 0 Å². The van der Waals surface area contributed by atoms with Gasteiger partial charge >= 0.3 is 0 Å². The zero-order chi connectivity index (χ0) is 11.8. The van der Waals surface area contributed by atoms with Crippen LogP contribution in [0.3, 0.4) is 0 Å². The Morgan fingerprint density at radius 2 is 2.24 bits per heavy atom. The Hall–Kier alpha value is -1.02. The van der Waals surface area contributed by atoms with Gasteiger partial charge in [-0.15, -0.1) is 0 Å². The Balaban J connectivity index is 1.78. The molecule has 2 nitrogen and oxygen atoms in total. The average molecular weight is 231 g/mol. The summed E-state index contributed by atoms with van der Waals surface area (Å²) in [6.07, 6.45) is 4.72. The third kappa shape index (κ3) is 2.32. The van der Waals surface area contributed by atoms with Gasteiger partial charge in [0.2, 0.25) is 0 Å². The molecule has 0 amide bonds. The minimum atomic E-state index is -0.123. The molecule has 3 rings (SSSR count). The number of aryl methyl sites for hydroxylation is 2. The van der Waals surface area contributed by atoms with Crippen molar-refractivity contribution in [2.45, 2.75) is 38.7 Å². The first-order valence-corrected chi connectivity index (χ1v) is 6.76. The van der Waals surface area contributed by atoms with Crippen LogP contribution in [-0.4, -0.2) is 24.3 Å². The number of aliphatic hydroxyl groups excluding tert-OH is 1. The van der Waals surface area contributed by atoms with E-state index in [0.29, 0.717) is 5.92 Å². The molecule has 1 aliphatic heterocycles. The summed E-state index contributed by atoms with van der Waals surface area (Å²) in [5, 5.41) is 10.1. The van der Waals surface area contributed by atoms with E-state index in [9.17, 15) is 5.11 Å². The number of rotatable bonds is 3. The molecule has 1 heterocycles. The van der Waals surface area contributed by atoms with Crippen molar-refractivity contribution in [2.24, 2.45) is 5.92 Å². The lowest BCUT2D eigenvalue weighted by Gasteiger charge is -2.33. The molecule has 1 N–H and O–H groups in total. The van der Waals surface area contributed by atoms with Crippen LogP contribution in [0.4, 0.5) is 5.69 Å². The maximum absolute atomic E-state index is 10.1. The van der Waals surface area contributed by atoms with Gasteiger partial charge in [0.05, 0.1) is 6.10 Å². The molecule has 1 fully saturated rings. The van der Waals surface area contributed by atoms with Crippen molar-refractivity contribution in [1.29, 1.82) is 0 Å². The van der Waals surface area contributed by atoms with E-state index < -0.39 is 0 Å². The van der Waals surface area contributed by atoms with Crippen molar-refractivity contribution in [3.63, 3.8) is 0 Å². The summed E-state index contributed by atoms with van der Waals surface area (Å²) in [6, 6.07) is 6.70. The second kappa shape index (κ2) is 4.34. The number of fused-ring (bicyclic) bond motifs is 1. The van der Waals surface area contributed by atoms with E-state index in [1.54, 1.807) is 0 Å². The molecule has 17 heavy (non-hydrogen) atoms. The first-order chi connectivity index (χ1) is 8.24. The molecular formula is C15H21NO. The number of β-amino-alcohol motifs (C(OH)–C–C–N with tert-alkyl or cyclic N) is 1. The van der Waals surface area contributed by atoms with Crippen LogP contribution in [0.15, 0.2) is 18.2 Å². The number of hydrogen-bond donors (Lipinski definition) is 1. The summed E-state index contributed by atoms with van der Waals surface area (Å²) < 4.78 is 0. The Bertz CT molecular complexity index is 411. The van der Waals surface area contributed by atoms with Crippen molar-refractivity contribution in [1.82, 2.24) is 0 Å². The highest BCUT2D eigenvalue weighted by Crippen LogP contribution is 2.35. The first kappa shape index (κ1) is 11.1. The van der Waals surface area contributed by atoms with E-state index in [2.05, 4.69) is 30.0 Å². The monoisotopic (exact) mass is 231 g/mol. The van der Waals surface area contributed by atoms with Gasteiger partial charge in [0.1, 0.15) is 0 Å². The van der Waals surface area contributed by atoms with Crippen molar-refractivity contribution >= 4 is 5.69 Å². The van der Waals surface area contributed by atoms with Crippen molar-refractivity contribution < 1.29 is 5.11 Å². The molecule has 2 aliphatic rings. The third-order valence-corrected chi connectivity index (χ3v) is 4.02. The van der Waals surface area contributed by atoms with E-state index in [1.807, 2.05) is 0 Å². The van der Waals surface area contributed by atoms with Gasteiger partial charge in [-0.3, -0.25) is 0 Å². The Kier molecular flexibility index (Phi) is 2.83. The number of hydrogen-bond acceptors (Lipinski definition) is 2. The normalized spacial score (nSPS) is 21.2. The van der Waals surface area contributed by atoms with Gasteiger partial charge in [-0.2, -0.15) is 0 Å². The smallest absolute Gasteiger partial charge is 0.0743 e. The topological polar surface area (TPSA) is 23.5 Å². The van der Waals surface area contributed by atoms with Gasteiger partial charge in [-0.25, -0.2) is 0 Å². The summed E-state index contributed by atoms with van der Waals surface area (Å²) in [7, 11) is 0. The number of anilines is 1. The molecule has 1 aliphatic carbocycles. The number of aliphatic hydroxyl groups is 1. The Morgan fingerprint density at radius 3 is 3.00 bits per heavy atom. The fraction of sp³-hybridized carbons (Fsp3) is 0.600. The lowest BCUT2D eigenvalue weighted by atomic mass is 9.99. The van der Waals surface area contributed by atoms with Crippen LogP contribution in [0, 0.1) is 12.8 Å². The molecule has 1 saturated carbocycles. The van der Waals surface area contributed by atoms with Crippen molar-refractivity contribution in [3.05, 3.63) is 29.3 Å². The maximum Gasteiger partial charge on any atom is 0.0743 e. The van der Waals surface area contributed by atoms with Gasteiger partial charge in [-0.1, -0.05) is 17.7 Å². The average Bonchev–Trinajstić information content (AvgIpc) is 3.12. The molecule has 0 saturated heterocycles. The molecule has 1 atom stereocenters. The van der Waals surface area contributed by atoms with Crippen LogP contribution in [0.2, 0.25) is 0 Å². The first-order valence-electron chi connectivity index (χ1n) is 6.76. The molecule has 0 spiro atoms. The van der Waals surface area contributed by atoms with E-state index in [1.165, 1.54) is 42.5 Å². The highest BCUT2D eigenvalue weighted by Gasteiger charge is 2.31. The summed E-state index contributed by atoms with van der Waals surface area (Å²) in [5.41, 5.74) is 4.15. The van der Waals surface area contributed by atoms with Crippen LogP contribution in [0.5, 0.6) is 0 Å². The fourth-order valence-corrected chi connectivity index (χ4v) is 2.85. The van der Waals surface area contributed by atoms with Crippen molar-refractivity contribution in [2.75, 3.05) is 18.0 Å². The highest BCUT2D eigenvalue weighted by molar-refractivity contribution is 5.56. The van der Waals surface area contributed by atoms with Crippen molar-refractivity contribution in [3.8, 4) is 0 Å². The molecule has 2 heteroatoms. The molecule has 0 aromatic heterocycles. The molecule has 0 radical (unpaired) electrons. The van der Waals surface area contributed by atoms with Gasteiger partial charge in [0.25, 0.3) is 0 Å². The summed E-state index contributed by atoms with van der Waals surface area (Å²) in [6.45, 7) is 4.07. The molecule has 1 unspecified atom stereocenters. The van der Waals surface area contributed by atoms with E-state index in [-0.39, 0.29) is 6.10 Å². The van der Waals surface area contributed by atoms with Gasteiger partial charge in [-0.05, 0) is 50.2 Å². The van der Waals surface area contributed by atoms with Gasteiger partial charge in [0.15, 0.2) is 0 Å². The van der Waals surface area contributed by atoms with Gasteiger partial charge in [0, 0.05) is 18.8 Å². The van der Waals surface area contributed by atoms with Crippen LogP contribution >= 0.6 is 0 Å². The molecule has 1 aromatic carbocycles. The Labute approximate surface area is 103 Å². The summed E-state index contributed by atoms with van der Waals surface area (Å²) in [5.74, 6) is 0.575. The highest BCUT2D eigenvalue weighted by atomic mass is 16.3. The SMILES string of the molecule is Cc1ccc2c(c1)CCCN2CC(O)C1CC1. The number of nitrogens with zero attached hydrogens (tertiary/aromatic N) is 1. The molecular weight excluding hydrogens is 210 g/mol. The lowest BCUT2D eigenvalue weighted by molar-refractivity contribution is 0.156. The fourth-order valence-electron chi connectivity index (χ4n) is 2.85. The molecule has 0 bridgehead atoms. The zero-order valence-electron chi connectivity index (χ0n) is 10.5. The minimum Gasteiger partial charge on any atom is -0.391 e. The van der Waals surface area contributed by atoms with Crippen LogP contribution < -0.4 is 4.90 Å². The molecule has 92 valence electrons. The summed E-state index contributed by atoms with van der Waals surface area (Å²) in [4.78, 5) is 2.38. The predicted molar refractivity (Wildman–Crippen MR) is 70.4 cm³/mol. The van der Waals surface area contributed by atoms with Crippen LogP contribution in [0.1, 0.15) is 30.4 Å². The summed E-state index contributed by atoms with van der Waals surface area (Å²) >= 11 is 0. The minimum absolute atomic E-state index is 0.123. The Morgan fingerprint density at radius 1 is 1.41 bits per heavy atom. The largest absolute Gasteiger partial charge is 0.391 e. The van der Waals surface area contributed by atoms with E-state index in [4.69, 9.17) is 0 Å². The third-order valence-electron chi connectivity index (χ3n) is 4.02. The van der Waals surface area contributed by atoms with E-state index in [0.717, 1.165) is 13.1 Å². The second-order valence-electron chi connectivity index (χ2n) is 5.59. The van der Waals surface area contributed by atoms with Crippen LogP contribution in [-0.2, 0) is 6.42 Å². The molecule has 1 aromatic rings. The zero-order valence-corrected chi connectivity index (χ0v) is 10.5. The van der Waals surface area contributed by atoms with Crippen LogP contribution in [0.25, 0.3) is 0 Å². The van der Waals surface area contributed by atoms with Gasteiger partial charge < -0.3 is 10.0 Å².